The fourth-order valence-electron chi connectivity index (χ4n) is 2.91. The summed E-state index contributed by atoms with van der Waals surface area (Å²) in [6, 6.07) is 7.49. The Kier molecular flexibility index (Phi) is 6.79. The topological polar surface area (TPSA) is 68.2 Å². The number of carbonyl (C=O) groups is 1. The lowest BCUT2D eigenvalue weighted by Gasteiger charge is -2.33. The number of likely N-dealkylation sites (tertiary alicyclic amines) is 1. The molecule has 6 heteroatoms. The third kappa shape index (κ3) is 6.36. The number of amides is 1. The Hall–Kier alpha value is -2.11. The van der Waals surface area contributed by atoms with Crippen LogP contribution in [0.1, 0.15) is 45.6 Å². The van der Waals surface area contributed by atoms with Crippen molar-refractivity contribution in [1.82, 2.24) is 4.90 Å². The van der Waals surface area contributed by atoms with Crippen LogP contribution in [0.5, 0.6) is 5.75 Å². The zero-order valence-corrected chi connectivity index (χ0v) is 15.4. The van der Waals surface area contributed by atoms with E-state index in [1.807, 2.05) is 45.0 Å². The van der Waals surface area contributed by atoms with Gasteiger partial charge in [-0.1, -0.05) is 23.4 Å². The molecule has 0 radical (unpaired) electrons. The molecule has 1 heterocycles. The first kappa shape index (κ1) is 19.2. The third-order valence-corrected chi connectivity index (χ3v) is 4.26. The maximum absolute atomic E-state index is 12.1. The molecule has 0 saturated carbocycles. The Balaban J connectivity index is 1.72. The largest absolute Gasteiger partial charge is 0.493 e. The third-order valence-electron chi connectivity index (χ3n) is 4.26. The second kappa shape index (κ2) is 8.83. The number of nitroso groups, excluding NO2 is 1. The molecule has 1 saturated heterocycles. The van der Waals surface area contributed by atoms with Gasteiger partial charge in [-0.2, -0.15) is 4.91 Å². The van der Waals surface area contributed by atoms with Gasteiger partial charge in [-0.05, 0) is 52.0 Å². The van der Waals surface area contributed by atoms with Crippen LogP contribution in [0.2, 0.25) is 0 Å². The van der Waals surface area contributed by atoms with Gasteiger partial charge in [-0.25, -0.2) is 4.79 Å². The van der Waals surface area contributed by atoms with Crippen molar-refractivity contribution >= 4 is 6.09 Å². The highest BCUT2D eigenvalue weighted by Crippen LogP contribution is 2.24. The minimum Gasteiger partial charge on any atom is -0.493 e. The number of piperidine rings is 1. The lowest BCUT2D eigenvalue weighted by atomic mass is 9.94. The molecular weight excluding hydrogens is 320 g/mol. The van der Waals surface area contributed by atoms with Crippen LogP contribution in [-0.2, 0) is 11.3 Å². The number of rotatable bonds is 6. The fourth-order valence-corrected chi connectivity index (χ4v) is 2.91. The molecule has 1 fully saturated rings. The first-order valence-electron chi connectivity index (χ1n) is 8.87. The molecule has 0 spiro atoms. The van der Waals surface area contributed by atoms with Crippen molar-refractivity contribution < 1.29 is 14.3 Å². The first-order valence-corrected chi connectivity index (χ1v) is 8.87. The standard InChI is InChI=1S/C19H28N2O4/c1-19(2,3)25-18(22)21-11-8-15(9-12-21)10-13-24-17-7-5-4-6-16(17)14-20-23/h4-7,15H,8-14H2,1-3H3. The Morgan fingerprint density at radius 1 is 1.24 bits per heavy atom. The molecule has 0 atom stereocenters. The number of carbonyl (C=O) groups excluding carboxylic acids is 1. The van der Waals surface area contributed by atoms with Crippen molar-refractivity contribution in [2.24, 2.45) is 11.1 Å². The van der Waals surface area contributed by atoms with E-state index in [-0.39, 0.29) is 12.6 Å². The summed E-state index contributed by atoms with van der Waals surface area (Å²) < 4.78 is 11.2. The van der Waals surface area contributed by atoms with Crippen molar-refractivity contribution in [2.75, 3.05) is 19.7 Å². The van der Waals surface area contributed by atoms with Gasteiger partial charge in [-0.3, -0.25) is 0 Å². The molecule has 138 valence electrons. The molecule has 1 aliphatic heterocycles. The second-order valence-corrected chi connectivity index (χ2v) is 7.44. The number of para-hydroxylation sites is 1. The highest BCUT2D eigenvalue weighted by atomic mass is 16.6. The summed E-state index contributed by atoms with van der Waals surface area (Å²) in [6.45, 7) is 7.83. The van der Waals surface area contributed by atoms with Crippen LogP contribution in [0.3, 0.4) is 0 Å². The number of nitrogens with zero attached hydrogens (tertiary/aromatic N) is 2. The number of hydrogen-bond acceptors (Lipinski definition) is 5. The van der Waals surface area contributed by atoms with Gasteiger partial charge in [0, 0.05) is 18.7 Å². The monoisotopic (exact) mass is 348 g/mol. The summed E-state index contributed by atoms with van der Waals surface area (Å²) in [5.41, 5.74) is 0.364. The molecule has 0 aliphatic carbocycles. The summed E-state index contributed by atoms with van der Waals surface area (Å²) in [4.78, 5) is 24.3. The molecule has 0 N–H and O–H groups in total. The minimum atomic E-state index is -0.453. The van der Waals surface area contributed by atoms with Gasteiger partial charge in [0.25, 0.3) is 0 Å². The Bertz CT molecular complexity index is 575. The first-order chi connectivity index (χ1) is 11.9. The van der Waals surface area contributed by atoms with Gasteiger partial charge in [0.1, 0.15) is 17.9 Å². The van der Waals surface area contributed by atoms with Crippen molar-refractivity contribution in [2.45, 2.75) is 52.2 Å². The van der Waals surface area contributed by atoms with Gasteiger partial charge >= 0.3 is 6.09 Å². The maximum Gasteiger partial charge on any atom is 0.410 e. The van der Waals surface area contributed by atoms with Crippen LogP contribution in [0.25, 0.3) is 0 Å². The minimum absolute atomic E-state index is 0.129. The van der Waals surface area contributed by atoms with Crippen molar-refractivity contribution in [3.8, 4) is 5.75 Å². The van der Waals surface area contributed by atoms with Gasteiger partial charge in [0.2, 0.25) is 0 Å². The van der Waals surface area contributed by atoms with E-state index in [2.05, 4.69) is 5.18 Å². The number of hydrogen-bond donors (Lipinski definition) is 0. The van der Waals surface area contributed by atoms with E-state index in [0.29, 0.717) is 12.5 Å². The second-order valence-electron chi connectivity index (χ2n) is 7.44. The molecule has 1 aromatic rings. The van der Waals surface area contributed by atoms with Crippen LogP contribution in [0.4, 0.5) is 4.79 Å². The molecule has 6 nitrogen and oxygen atoms in total. The smallest absolute Gasteiger partial charge is 0.410 e. The van der Waals surface area contributed by atoms with E-state index in [0.717, 1.165) is 43.7 Å². The molecule has 0 aromatic heterocycles. The van der Waals surface area contributed by atoms with Crippen LogP contribution in [0, 0.1) is 10.8 Å². The van der Waals surface area contributed by atoms with Crippen molar-refractivity contribution in [3.05, 3.63) is 34.7 Å². The van der Waals surface area contributed by atoms with Gasteiger partial charge in [0.05, 0.1) is 6.61 Å². The van der Waals surface area contributed by atoms with Crippen LogP contribution in [-0.4, -0.2) is 36.3 Å². The van der Waals surface area contributed by atoms with Gasteiger partial charge < -0.3 is 14.4 Å². The molecule has 2 rings (SSSR count). The fraction of sp³-hybridized carbons (Fsp3) is 0.632. The number of benzene rings is 1. The molecule has 1 aromatic carbocycles. The lowest BCUT2D eigenvalue weighted by Crippen LogP contribution is -2.41. The molecule has 0 unspecified atom stereocenters. The molecule has 1 aliphatic rings. The average Bonchev–Trinajstić information content (AvgIpc) is 2.56. The Morgan fingerprint density at radius 3 is 2.56 bits per heavy atom. The Morgan fingerprint density at radius 2 is 1.92 bits per heavy atom. The predicted octanol–water partition coefficient (Wildman–Crippen LogP) is 4.37. The van der Waals surface area contributed by atoms with E-state index in [4.69, 9.17) is 9.47 Å². The van der Waals surface area contributed by atoms with E-state index in [9.17, 15) is 9.70 Å². The zero-order valence-electron chi connectivity index (χ0n) is 15.4. The van der Waals surface area contributed by atoms with E-state index >= 15 is 0 Å². The zero-order chi connectivity index (χ0) is 18.3. The van der Waals surface area contributed by atoms with Crippen LogP contribution >= 0.6 is 0 Å². The molecule has 25 heavy (non-hydrogen) atoms. The highest BCUT2D eigenvalue weighted by molar-refractivity contribution is 5.68. The lowest BCUT2D eigenvalue weighted by molar-refractivity contribution is 0.0177. The maximum atomic E-state index is 12.1. The van der Waals surface area contributed by atoms with Gasteiger partial charge in [-0.15, -0.1) is 0 Å². The van der Waals surface area contributed by atoms with Gasteiger partial charge in [0.15, 0.2) is 0 Å². The van der Waals surface area contributed by atoms with Crippen LogP contribution in [0.15, 0.2) is 29.4 Å². The average molecular weight is 348 g/mol. The summed E-state index contributed by atoms with van der Waals surface area (Å²) in [5.74, 6) is 1.27. The van der Waals surface area contributed by atoms with Crippen LogP contribution < -0.4 is 4.74 Å². The summed E-state index contributed by atoms with van der Waals surface area (Å²) in [6.07, 6.45) is 2.63. The Labute approximate surface area is 149 Å². The van der Waals surface area contributed by atoms with E-state index in [1.165, 1.54) is 0 Å². The highest BCUT2D eigenvalue weighted by Gasteiger charge is 2.26. The quantitative estimate of drug-likeness (QED) is 0.716. The molecular formula is C19H28N2O4. The SMILES string of the molecule is CC(C)(C)OC(=O)N1CCC(CCOc2ccccc2CN=O)CC1. The molecule has 0 bridgehead atoms. The summed E-state index contributed by atoms with van der Waals surface area (Å²) in [7, 11) is 0. The summed E-state index contributed by atoms with van der Waals surface area (Å²) >= 11 is 0. The van der Waals surface area contributed by atoms with Crippen molar-refractivity contribution in [1.29, 1.82) is 0 Å². The van der Waals surface area contributed by atoms with E-state index in [1.54, 1.807) is 4.90 Å². The normalized spacial score (nSPS) is 15.7. The molecule has 1 amide bonds. The van der Waals surface area contributed by atoms with E-state index < -0.39 is 5.60 Å². The van der Waals surface area contributed by atoms with Crippen molar-refractivity contribution in [3.63, 3.8) is 0 Å². The number of ether oxygens (including phenoxy) is 2. The predicted molar refractivity (Wildman–Crippen MR) is 96.6 cm³/mol. The summed E-state index contributed by atoms with van der Waals surface area (Å²) in [5, 5.41) is 2.94.